The van der Waals surface area contributed by atoms with Gasteiger partial charge in [0, 0.05) is 32.8 Å². The number of carbonyl (C=O) groups excluding carboxylic acids is 1. The molecule has 116 valence electrons. The van der Waals surface area contributed by atoms with E-state index in [9.17, 15) is 4.79 Å². The Balaban J connectivity index is 1.67. The quantitative estimate of drug-likeness (QED) is 0.874. The number of amides is 1. The molecule has 2 aromatic rings. The number of piperidine rings is 1. The predicted octanol–water partition coefficient (Wildman–Crippen LogP) is 1.94. The molecule has 0 saturated carbocycles. The Morgan fingerprint density at radius 2 is 2.18 bits per heavy atom. The summed E-state index contributed by atoms with van der Waals surface area (Å²) in [7, 11) is 0. The molecule has 1 unspecified atom stereocenters. The van der Waals surface area contributed by atoms with Crippen molar-refractivity contribution < 1.29 is 4.79 Å². The number of nitrogens with one attached hydrogen (secondary N) is 1. The number of H-pyrrole nitrogens is 1. The molecule has 22 heavy (non-hydrogen) atoms. The van der Waals surface area contributed by atoms with E-state index < -0.39 is 0 Å². The number of likely N-dealkylation sites (tertiary alicyclic amines) is 1. The van der Waals surface area contributed by atoms with Crippen LogP contribution >= 0.6 is 0 Å². The van der Waals surface area contributed by atoms with Gasteiger partial charge in [-0.1, -0.05) is 0 Å². The number of carbonyl (C=O) groups is 1. The third kappa shape index (κ3) is 1.97. The largest absolute Gasteiger partial charge is 0.354 e. The van der Waals surface area contributed by atoms with Gasteiger partial charge in [0.15, 0.2) is 0 Å². The molecule has 6 heteroatoms. The lowest BCUT2D eigenvalue weighted by Gasteiger charge is -2.44. The van der Waals surface area contributed by atoms with E-state index >= 15 is 0 Å². The van der Waals surface area contributed by atoms with E-state index in [-0.39, 0.29) is 11.4 Å². The van der Waals surface area contributed by atoms with Crippen LogP contribution in [-0.4, -0.2) is 50.9 Å². The van der Waals surface area contributed by atoms with Crippen LogP contribution in [0.4, 0.5) is 5.82 Å². The van der Waals surface area contributed by atoms with Gasteiger partial charge in [0.25, 0.3) is 0 Å². The Hall–Kier alpha value is -2.11. The summed E-state index contributed by atoms with van der Waals surface area (Å²) < 4.78 is 0. The van der Waals surface area contributed by atoms with Gasteiger partial charge in [0.1, 0.15) is 17.8 Å². The maximum atomic E-state index is 12.1. The smallest absolute Gasteiger partial charge is 0.219 e. The standard InChI is InChI=1S/C16H21N5O/c1-12(22)21-8-3-2-5-16(21)6-9-20(10-16)15-13-4-7-17-14(13)18-11-19-15/h4,7,11H,2-3,5-6,8-10H2,1H3,(H,17,18,19). The van der Waals surface area contributed by atoms with Crippen LogP contribution in [0, 0.1) is 0 Å². The molecule has 2 fully saturated rings. The Kier molecular flexibility index (Phi) is 3.06. The average molecular weight is 299 g/mol. The van der Waals surface area contributed by atoms with E-state index in [0.717, 1.165) is 55.7 Å². The van der Waals surface area contributed by atoms with Gasteiger partial charge < -0.3 is 14.8 Å². The number of aromatic amines is 1. The van der Waals surface area contributed by atoms with Crippen LogP contribution in [0.25, 0.3) is 11.0 Å². The van der Waals surface area contributed by atoms with Gasteiger partial charge in [-0.25, -0.2) is 9.97 Å². The van der Waals surface area contributed by atoms with Gasteiger partial charge in [-0.15, -0.1) is 0 Å². The molecule has 1 amide bonds. The number of rotatable bonds is 1. The van der Waals surface area contributed by atoms with Crippen LogP contribution in [0.5, 0.6) is 0 Å². The van der Waals surface area contributed by atoms with Crippen molar-refractivity contribution in [1.29, 1.82) is 0 Å². The van der Waals surface area contributed by atoms with E-state index in [1.807, 2.05) is 12.3 Å². The van der Waals surface area contributed by atoms with Gasteiger partial charge >= 0.3 is 0 Å². The van der Waals surface area contributed by atoms with Crippen LogP contribution in [0.2, 0.25) is 0 Å². The number of hydrogen-bond donors (Lipinski definition) is 1. The van der Waals surface area contributed by atoms with Crippen molar-refractivity contribution in [3.05, 3.63) is 18.6 Å². The third-order valence-electron chi connectivity index (χ3n) is 5.19. The van der Waals surface area contributed by atoms with Crippen molar-refractivity contribution in [3.63, 3.8) is 0 Å². The highest BCUT2D eigenvalue weighted by Crippen LogP contribution is 2.39. The van der Waals surface area contributed by atoms with Crippen LogP contribution in [0.15, 0.2) is 18.6 Å². The van der Waals surface area contributed by atoms with Gasteiger partial charge in [-0.3, -0.25) is 4.79 Å². The fourth-order valence-corrected chi connectivity index (χ4v) is 4.16. The molecule has 2 aromatic heterocycles. The Morgan fingerprint density at radius 3 is 3.05 bits per heavy atom. The second-order valence-corrected chi connectivity index (χ2v) is 6.46. The zero-order valence-corrected chi connectivity index (χ0v) is 12.9. The molecule has 1 atom stereocenters. The first-order chi connectivity index (χ1) is 10.7. The summed E-state index contributed by atoms with van der Waals surface area (Å²) in [6.07, 6.45) is 7.98. The molecule has 2 saturated heterocycles. The van der Waals surface area contributed by atoms with E-state index in [1.165, 1.54) is 6.42 Å². The van der Waals surface area contributed by atoms with Crippen LogP contribution < -0.4 is 4.90 Å². The fourth-order valence-electron chi connectivity index (χ4n) is 4.16. The molecule has 1 spiro atoms. The highest BCUT2D eigenvalue weighted by molar-refractivity contribution is 5.87. The molecule has 0 radical (unpaired) electrons. The number of nitrogens with zero attached hydrogens (tertiary/aromatic N) is 4. The van der Waals surface area contributed by atoms with Crippen LogP contribution in [0.1, 0.15) is 32.6 Å². The molecule has 2 aliphatic heterocycles. The van der Waals surface area contributed by atoms with Crippen molar-refractivity contribution in [2.45, 2.75) is 38.1 Å². The highest BCUT2D eigenvalue weighted by Gasteiger charge is 2.46. The summed E-state index contributed by atoms with van der Waals surface area (Å²) in [5.41, 5.74) is 0.871. The summed E-state index contributed by atoms with van der Waals surface area (Å²) in [6, 6.07) is 2.03. The lowest BCUT2D eigenvalue weighted by Crippen LogP contribution is -2.55. The van der Waals surface area contributed by atoms with E-state index in [2.05, 4.69) is 24.8 Å². The lowest BCUT2D eigenvalue weighted by molar-refractivity contribution is -0.136. The molecule has 0 aromatic carbocycles. The van der Waals surface area contributed by atoms with Gasteiger partial charge in [-0.05, 0) is 31.7 Å². The van der Waals surface area contributed by atoms with E-state index in [4.69, 9.17) is 0 Å². The van der Waals surface area contributed by atoms with Crippen LogP contribution in [0.3, 0.4) is 0 Å². The van der Waals surface area contributed by atoms with Crippen molar-refractivity contribution in [2.75, 3.05) is 24.5 Å². The van der Waals surface area contributed by atoms with Crippen molar-refractivity contribution in [3.8, 4) is 0 Å². The van der Waals surface area contributed by atoms with E-state index in [1.54, 1.807) is 13.3 Å². The molecule has 4 heterocycles. The van der Waals surface area contributed by atoms with Gasteiger partial charge in [-0.2, -0.15) is 0 Å². The third-order valence-corrected chi connectivity index (χ3v) is 5.19. The molecular formula is C16H21N5O. The Bertz CT molecular complexity index is 711. The number of fused-ring (bicyclic) bond motifs is 1. The van der Waals surface area contributed by atoms with Crippen molar-refractivity contribution in [1.82, 2.24) is 19.9 Å². The van der Waals surface area contributed by atoms with Crippen molar-refractivity contribution in [2.24, 2.45) is 0 Å². The fraction of sp³-hybridized carbons (Fsp3) is 0.562. The van der Waals surface area contributed by atoms with Crippen LogP contribution in [-0.2, 0) is 4.79 Å². The number of hydrogen-bond acceptors (Lipinski definition) is 4. The van der Waals surface area contributed by atoms with Gasteiger partial charge in [0.2, 0.25) is 5.91 Å². The minimum absolute atomic E-state index is 0.00232. The Labute approximate surface area is 129 Å². The average Bonchev–Trinajstić information content (AvgIpc) is 3.14. The number of anilines is 1. The summed E-state index contributed by atoms with van der Waals surface area (Å²) in [4.78, 5) is 28.4. The number of aromatic nitrogens is 3. The predicted molar refractivity (Wildman–Crippen MR) is 84.7 cm³/mol. The first kappa shape index (κ1) is 13.5. The van der Waals surface area contributed by atoms with Gasteiger partial charge in [0.05, 0.1) is 10.9 Å². The second kappa shape index (κ2) is 4.97. The zero-order valence-electron chi connectivity index (χ0n) is 12.9. The molecular weight excluding hydrogens is 278 g/mol. The first-order valence-corrected chi connectivity index (χ1v) is 8.01. The second-order valence-electron chi connectivity index (χ2n) is 6.46. The minimum atomic E-state index is -0.00232. The molecule has 6 nitrogen and oxygen atoms in total. The topological polar surface area (TPSA) is 65.1 Å². The van der Waals surface area contributed by atoms with Crippen molar-refractivity contribution >= 4 is 22.8 Å². The molecule has 4 rings (SSSR count). The monoisotopic (exact) mass is 299 g/mol. The Morgan fingerprint density at radius 1 is 1.27 bits per heavy atom. The molecule has 0 bridgehead atoms. The highest BCUT2D eigenvalue weighted by atomic mass is 16.2. The lowest BCUT2D eigenvalue weighted by atomic mass is 9.85. The summed E-state index contributed by atoms with van der Waals surface area (Å²) in [5, 5.41) is 1.06. The molecule has 0 aliphatic carbocycles. The zero-order chi connectivity index (χ0) is 15.2. The summed E-state index contributed by atoms with van der Waals surface area (Å²) >= 11 is 0. The van der Waals surface area contributed by atoms with E-state index in [0.29, 0.717) is 0 Å². The molecule has 1 N–H and O–H groups in total. The maximum Gasteiger partial charge on any atom is 0.219 e. The first-order valence-electron chi connectivity index (χ1n) is 8.01. The summed E-state index contributed by atoms with van der Waals surface area (Å²) in [5.74, 6) is 1.19. The SMILES string of the molecule is CC(=O)N1CCCCC12CCN(c1ncnc3[nH]ccc13)C2. The minimum Gasteiger partial charge on any atom is -0.354 e. The molecule has 2 aliphatic rings. The maximum absolute atomic E-state index is 12.1. The summed E-state index contributed by atoms with van der Waals surface area (Å²) in [6.45, 7) is 4.42. The normalized spacial score (nSPS) is 25.3.